The van der Waals surface area contributed by atoms with Crippen molar-refractivity contribution in [3.8, 4) is 0 Å². The Labute approximate surface area is 147 Å². The third-order valence-electron chi connectivity index (χ3n) is 4.53. The first-order valence-electron chi connectivity index (χ1n) is 8.29. The van der Waals surface area contributed by atoms with Gasteiger partial charge in [0, 0.05) is 9.79 Å². The van der Waals surface area contributed by atoms with E-state index in [2.05, 4.69) is 87.5 Å². The molecule has 24 heavy (non-hydrogen) atoms. The van der Waals surface area contributed by atoms with Crippen LogP contribution in [0.4, 0.5) is 0 Å². The molecule has 0 atom stereocenters. The highest BCUT2D eigenvalue weighted by Crippen LogP contribution is 2.41. The minimum Gasteiger partial charge on any atom is -0.0882 e. The molecule has 0 aliphatic rings. The van der Waals surface area contributed by atoms with Crippen molar-refractivity contribution in [3.63, 3.8) is 0 Å². The maximum atomic E-state index is 2.30. The van der Waals surface area contributed by atoms with E-state index >= 15 is 0 Å². The van der Waals surface area contributed by atoms with Crippen molar-refractivity contribution in [2.45, 2.75) is 30.6 Å². The molecule has 0 aliphatic heterocycles. The van der Waals surface area contributed by atoms with E-state index in [9.17, 15) is 0 Å². The van der Waals surface area contributed by atoms with Crippen molar-refractivity contribution in [1.82, 2.24) is 0 Å². The van der Waals surface area contributed by atoms with E-state index in [4.69, 9.17) is 0 Å². The molecule has 0 nitrogen and oxygen atoms in total. The lowest BCUT2D eigenvalue weighted by atomic mass is 10.0. The Balaban J connectivity index is 2.01. The van der Waals surface area contributed by atoms with Crippen LogP contribution >= 0.6 is 11.8 Å². The fraction of sp³-hybridized carbons (Fsp3) is 0.130. The summed E-state index contributed by atoms with van der Waals surface area (Å²) >= 11 is 1.91. The van der Waals surface area contributed by atoms with Gasteiger partial charge in [-0.05, 0) is 59.5 Å². The van der Waals surface area contributed by atoms with Crippen LogP contribution < -0.4 is 0 Å². The molecule has 0 aromatic heterocycles. The minimum absolute atomic E-state index is 1.31. The van der Waals surface area contributed by atoms with E-state index in [1.165, 1.54) is 48.0 Å². The maximum absolute atomic E-state index is 2.30. The first kappa shape index (κ1) is 15.3. The fourth-order valence-electron chi connectivity index (χ4n) is 3.51. The average Bonchev–Trinajstić information content (AvgIpc) is 2.57. The first-order valence-corrected chi connectivity index (χ1v) is 9.11. The van der Waals surface area contributed by atoms with Crippen molar-refractivity contribution in [2.75, 3.05) is 0 Å². The molecule has 0 N–H and O–H groups in total. The van der Waals surface area contributed by atoms with Gasteiger partial charge in [0.25, 0.3) is 0 Å². The molecule has 0 radical (unpaired) electrons. The molecule has 0 spiro atoms. The summed E-state index contributed by atoms with van der Waals surface area (Å²) in [5.74, 6) is 0. The predicted molar refractivity (Wildman–Crippen MR) is 106 cm³/mol. The van der Waals surface area contributed by atoms with Crippen LogP contribution in [0.3, 0.4) is 0 Å². The monoisotopic (exact) mass is 328 g/mol. The summed E-state index contributed by atoms with van der Waals surface area (Å²) in [6, 6.07) is 24.3. The lowest BCUT2D eigenvalue weighted by Crippen LogP contribution is -1.89. The van der Waals surface area contributed by atoms with Crippen LogP contribution in [0.2, 0.25) is 0 Å². The quantitative estimate of drug-likeness (QED) is 0.355. The molecule has 0 saturated carbocycles. The van der Waals surface area contributed by atoms with Crippen LogP contribution in [0.25, 0.3) is 21.5 Å². The van der Waals surface area contributed by atoms with E-state index in [1.807, 2.05) is 11.8 Å². The van der Waals surface area contributed by atoms with Gasteiger partial charge in [0.05, 0.1) is 0 Å². The Hall–Kier alpha value is -2.25. The van der Waals surface area contributed by atoms with Crippen molar-refractivity contribution < 1.29 is 0 Å². The molecule has 4 aromatic rings. The van der Waals surface area contributed by atoms with Gasteiger partial charge in [-0.25, -0.2) is 0 Å². The average molecular weight is 328 g/mol. The lowest BCUT2D eigenvalue weighted by molar-refractivity contribution is 1.19. The van der Waals surface area contributed by atoms with E-state index in [1.54, 1.807) is 0 Å². The fourth-order valence-corrected chi connectivity index (χ4v) is 4.75. The van der Waals surface area contributed by atoms with Gasteiger partial charge >= 0.3 is 0 Å². The summed E-state index contributed by atoms with van der Waals surface area (Å²) in [6.45, 7) is 6.60. The van der Waals surface area contributed by atoms with Crippen LogP contribution in [0.15, 0.2) is 76.5 Å². The Kier molecular flexibility index (Phi) is 3.82. The topological polar surface area (TPSA) is 0 Å². The Morgan fingerprint density at radius 2 is 1.08 bits per heavy atom. The third-order valence-corrected chi connectivity index (χ3v) is 6.02. The third kappa shape index (κ3) is 2.59. The van der Waals surface area contributed by atoms with Gasteiger partial charge in [0.15, 0.2) is 0 Å². The van der Waals surface area contributed by atoms with Crippen LogP contribution in [0.5, 0.6) is 0 Å². The summed E-state index contributed by atoms with van der Waals surface area (Å²) < 4.78 is 0. The molecule has 0 unspecified atom stereocenters. The Morgan fingerprint density at radius 1 is 0.583 bits per heavy atom. The predicted octanol–water partition coefficient (Wildman–Crippen LogP) is 7.07. The molecule has 0 aliphatic carbocycles. The van der Waals surface area contributed by atoms with Crippen molar-refractivity contribution >= 4 is 33.3 Å². The van der Waals surface area contributed by atoms with Crippen LogP contribution in [-0.4, -0.2) is 0 Å². The van der Waals surface area contributed by atoms with Crippen LogP contribution in [-0.2, 0) is 0 Å². The van der Waals surface area contributed by atoms with Gasteiger partial charge in [-0.3, -0.25) is 0 Å². The minimum atomic E-state index is 1.31. The highest BCUT2D eigenvalue weighted by molar-refractivity contribution is 8.00. The van der Waals surface area contributed by atoms with Crippen molar-refractivity contribution in [3.05, 3.63) is 83.4 Å². The van der Waals surface area contributed by atoms with Gasteiger partial charge in [-0.15, -0.1) is 0 Å². The van der Waals surface area contributed by atoms with Crippen LogP contribution in [0, 0.1) is 20.8 Å². The highest BCUT2D eigenvalue weighted by atomic mass is 32.2. The molecule has 0 bridgehead atoms. The van der Waals surface area contributed by atoms with Gasteiger partial charge in [-0.2, -0.15) is 0 Å². The summed E-state index contributed by atoms with van der Waals surface area (Å²) in [6.07, 6.45) is 0. The molecule has 1 heteroatoms. The zero-order chi connectivity index (χ0) is 16.7. The molecule has 0 saturated heterocycles. The number of rotatable bonds is 2. The standard InChI is InChI=1S/C23H20S/c1-15-12-16(2)22(17(3)13-15)24-23-20-10-6-4-8-18(20)14-19-9-5-7-11-21(19)23/h4-14H,1-3H3. The van der Waals surface area contributed by atoms with E-state index in [-0.39, 0.29) is 0 Å². The Morgan fingerprint density at radius 3 is 1.62 bits per heavy atom. The molecular weight excluding hydrogens is 308 g/mol. The molecular formula is C23H20S. The zero-order valence-electron chi connectivity index (χ0n) is 14.3. The Bertz CT molecular complexity index is 983. The second-order valence-corrected chi connectivity index (χ2v) is 7.50. The molecule has 0 heterocycles. The summed E-state index contributed by atoms with van der Waals surface area (Å²) in [5, 5.41) is 5.28. The normalized spacial score (nSPS) is 11.3. The molecule has 0 fully saturated rings. The van der Waals surface area contributed by atoms with Gasteiger partial charge in [0.1, 0.15) is 0 Å². The SMILES string of the molecule is Cc1cc(C)c(Sc2c3ccccc3cc3ccccc23)c(C)c1. The maximum Gasteiger partial charge on any atom is 0.0279 e. The molecule has 118 valence electrons. The molecule has 4 aromatic carbocycles. The second kappa shape index (κ2) is 5.99. The number of fused-ring (bicyclic) bond motifs is 2. The number of hydrogen-bond acceptors (Lipinski definition) is 1. The summed E-state index contributed by atoms with van der Waals surface area (Å²) in [7, 11) is 0. The highest BCUT2D eigenvalue weighted by Gasteiger charge is 2.12. The summed E-state index contributed by atoms with van der Waals surface area (Å²) in [5.41, 5.74) is 4.04. The number of benzene rings is 4. The van der Waals surface area contributed by atoms with Gasteiger partial charge in [0.2, 0.25) is 0 Å². The van der Waals surface area contributed by atoms with E-state index < -0.39 is 0 Å². The molecule has 4 rings (SSSR count). The first-order chi connectivity index (χ1) is 11.6. The second-order valence-electron chi connectivity index (χ2n) is 6.48. The largest absolute Gasteiger partial charge is 0.0882 e. The van der Waals surface area contributed by atoms with Crippen LogP contribution in [0.1, 0.15) is 16.7 Å². The van der Waals surface area contributed by atoms with Gasteiger partial charge < -0.3 is 0 Å². The van der Waals surface area contributed by atoms with Crippen molar-refractivity contribution in [2.24, 2.45) is 0 Å². The van der Waals surface area contributed by atoms with E-state index in [0.717, 1.165) is 0 Å². The number of aryl methyl sites for hydroxylation is 3. The number of hydrogen-bond donors (Lipinski definition) is 0. The lowest BCUT2D eigenvalue weighted by Gasteiger charge is -2.15. The smallest absolute Gasteiger partial charge is 0.0279 e. The summed E-state index contributed by atoms with van der Waals surface area (Å²) in [4.78, 5) is 2.74. The van der Waals surface area contributed by atoms with E-state index in [0.29, 0.717) is 0 Å². The van der Waals surface area contributed by atoms with Gasteiger partial charge in [-0.1, -0.05) is 78.0 Å². The van der Waals surface area contributed by atoms with Crippen molar-refractivity contribution in [1.29, 1.82) is 0 Å². The zero-order valence-corrected chi connectivity index (χ0v) is 15.1. The molecule has 0 amide bonds.